The molecule has 6 rings (SSSR count). The molecule has 1 aliphatic rings. The highest BCUT2D eigenvalue weighted by molar-refractivity contribution is 8.00. The first-order valence-corrected chi connectivity index (χ1v) is 15.9. The molecule has 5 aromatic rings. The highest BCUT2D eigenvalue weighted by Gasteiger charge is 2.30. The lowest BCUT2D eigenvalue weighted by Crippen LogP contribution is -2.27. The van der Waals surface area contributed by atoms with E-state index in [4.69, 9.17) is 19.7 Å². The van der Waals surface area contributed by atoms with Crippen LogP contribution in [-0.4, -0.2) is 26.1 Å². The van der Waals surface area contributed by atoms with E-state index < -0.39 is 0 Å². The zero-order valence-corrected chi connectivity index (χ0v) is 27.0. The monoisotopic (exact) mass is 591 g/mol. The number of hydrogen-bond donors (Lipinski definition) is 1. The van der Waals surface area contributed by atoms with Crippen LogP contribution in [0.4, 0.5) is 5.95 Å². The van der Waals surface area contributed by atoms with Gasteiger partial charge in [-0.25, -0.2) is 9.97 Å². The molecule has 3 aromatic heterocycles. The van der Waals surface area contributed by atoms with Crippen molar-refractivity contribution in [2.75, 3.05) is 11.3 Å². The van der Waals surface area contributed by atoms with E-state index in [0.29, 0.717) is 18.4 Å². The summed E-state index contributed by atoms with van der Waals surface area (Å²) in [5.74, 6) is 1.59. The van der Waals surface area contributed by atoms with Gasteiger partial charge >= 0.3 is 0 Å². The molecule has 0 radical (unpaired) electrons. The predicted octanol–water partition coefficient (Wildman–Crippen LogP) is 8.85. The maximum Gasteiger partial charge on any atom is 0.237 e. The van der Waals surface area contributed by atoms with Crippen molar-refractivity contribution in [1.29, 1.82) is 0 Å². The molecular weight excluding hydrogens is 550 g/mol. The molecule has 1 aliphatic heterocycles. The molecule has 6 nitrogen and oxygen atoms in total. The first-order valence-electron chi connectivity index (χ1n) is 15.1. The lowest BCUT2D eigenvalue weighted by molar-refractivity contribution is 0.166. The Labute approximate surface area is 259 Å². The van der Waals surface area contributed by atoms with Gasteiger partial charge < -0.3 is 9.30 Å². The molecule has 4 bridgehead atoms. The van der Waals surface area contributed by atoms with Crippen LogP contribution in [-0.2, 0) is 13.5 Å². The Morgan fingerprint density at radius 3 is 2.47 bits per heavy atom. The van der Waals surface area contributed by atoms with Crippen LogP contribution in [0.15, 0.2) is 71.8 Å². The summed E-state index contributed by atoms with van der Waals surface area (Å²) in [4.78, 5) is 16.0. The van der Waals surface area contributed by atoms with Crippen LogP contribution in [0.2, 0.25) is 0 Å². The van der Waals surface area contributed by atoms with Crippen molar-refractivity contribution < 1.29 is 4.74 Å². The second-order valence-electron chi connectivity index (χ2n) is 13.2. The van der Waals surface area contributed by atoms with E-state index in [1.807, 2.05) is 6.07 Å². The van der Waals surface area contributed by atoms with Crippen LogP contribution in [0.25, 0.3) is 22.3 Å². The first-order chi connectivity index (χ1) is 20.5. The minimum Gasteiger partial charge on any atom is -0.477 e. The second kappa shape index (κ2) is 11.7. The van der Waals surface area contributed by atoms with Crippen molar-refractivity contribution in [1.82, 2.24) is 19.5 Å². The molecule has 0 amide bonds. The van der Waals surface area contributed by atoms with Crippen LogP contribution in [0.3, 0.4) is 0 Å². The summed E-state index contributed by atoms with van der Waals surface area (Å²) in [5.41, 5.74) is 9.16. The van der Waals surface area contributed by atoms with Crippen LogP contribution < -0.4 is 9.46 Å². The summed E-state index contributed by atoms with van der Waals surface area (Å²) >= 11 is 1.54. The van der Waals surface area contributed by atoms with E-state index in [1.54, 1.807) is 0 Å². The molecule has 0 fully saturated rings. The lowest BCUT2D eigenvalue weighted by Gasteiger charge is -2.33. The maximum absolute atomic E-state index is 6.63. The largest absolute Gasteiger partial charge is 0.477 e. The van der Waals surface area contributed by atoms with E-state index in [-0.39, 0.29) is 17.3 Å². The summed E-state index contributed by atoms with van der Waals surface area (Å²) in [6.45, 7) is 13.9. The Bertz CT molecular complexity index is 1770. The van der Waals surface area contributed by atoms with Crippen molar-refractivity contribution >= 4 is 28.9 Å². The van der Waals surface area contributed by atoms with Crippen molar-refractivity contribution in [2.45, 2.75) is 65.2 Å². The fraction of sp³-hybridized carbons (Fsp3) is 0.361. The van der Waals surface area contributed by atoms with E-state index in [9.17, 15) is 0 Å². The lowest BCUT2D eigenvalue weighted by atomic mass is 9.74. The van der Waals surface area contributed by atoms with Gasteiger partial charge in [0.2, 0.25) is 11.8 Å². The normalized spacial score (nSPS) is 17.1. The topological polar surface area (TPSA) is 64.9 Å². The Morgan fingerprint density at radius 2 is 1.70 bits per heavy atom. The number of pyridine rings is 1. The quantitative estimate of drug-likeness (QED) is 0.211. The third-order valence-corrected chi connectivity index (χ3v) is 9.16. The van der Waals surface area contributed by atoms with E-state index >= 15 is 0 Å². The van der Waals surface area contributed by atoms with Gasteiger partial charge in [-0.2, -0.15) is 4.98 Å². The summed E-state index contributed by atoms with van der Waals surface area (Å²) in [5, 5.41) is 1.21. The van der Waals surface area contributed by atoms with Gasteiger partial charge in [0.15, 0.2) is 0 Å². The van der Waals surface area contributed by atoms with Crippen LogP contribution in [0, 0.1) is 32.1 Å². The number of nitrogens with one attached hydrogen (secondary N) is 1. The standard InChI is InChI=1S/C36H41N5OS/c1-22-10-8-11-23(2)33(22)31-18-32-39-35(38-31)40-43-28-13-9-12-25(16-28)30(26(21-42-32)19-36(4,5)6)17-27-14-15-29-24(3)20-41(7)34(29)37-27/h8-16,18,20,26,30H,17,19,21H2,1-7H3,(H,38,39,40). The van der Waals surface area contributed by atoms with E-state index in [2.05, 4.69) is 119 Å². The average Bonchev–Trinajstić information content (AvgIpc) is 3.24. The van der Waals surface area contributed by atoms with Gasteiger partial charge in [0.25, 0.3) is 0 Å². The number of rotatable bonds is 4. The van der Waals surface area contributed by atoms with Gasteiger partial charge in [-0.15, -0.1) is 0 Å². The van der Waals surface area contributed by atoms with E-state index in [1.165, 1.54) is 39.6 Å². The average molecular weight is 592 g/mol. The molecule has 0 spiro atoms. The number of aromatic nitrogens is 4. The molecule has 2 aromatic carbocycles. The molecule has 2 atom stereocenters. The minimum absolute atomic E-state index is 0.115. The Kier molecular flexibility index (Phi) is 7.94. The Morgan fingerprint density at radius 1 is 0.930 bits per heavy atom. The van der Waals surface area contributed by atoms with Crippen molar-refractivity contribution in [3.05, 3.63) is 94.8 Å². The molecule has 2 unspecified atom stereocenters. The van der Waals surface area contributed by atoms with Crippen LogP contribution >= 0.6 is 11.9 Å². The molecule has 0 saturated heterocycles. The molecule has 1 N–H and O–H groups in total. The Hall–Kier alpha value is -3.84. The van der Waals surface area contributed by atoms with Crippen molar-refractivity contribution in [3.8, 4) is 17.1 Å². The predicted molar refractivity (Wildman–Crippen MR) is 178 cm³/mol. The maximum atomic E-state index is 6.63. The highest BCUT2D eigenvalue weighted by atomic mass is 32.2. The van der Waals surface area contributed by atoms with Gasteiger partial charge in [-0.1, -0.05) is 51.1 Å². The van der Waals surface area contributed by atoms with Gasteiger partial charge in [-0.3, -0.25) is 4.72 Å². The SMILES string of the molecule is Cc1cccc(C)c1-c1cc2nc(n1)NSc1cccc(c1)C(Cc1ccc3c(C)cn(C)c3n1)C(CC(C)(C)C)CO2. The Balaban J connectivity index is 1.43. The summed E-state index contributed by atoms with van der Waals surface area (Å²) in [6.07, 6.45) is 3.99. The smallest absolute Gasteiger partial charge is 0.237 e. The van der Waals surface area contributed by atoms with Gasteiger partial charge in [-0.05, 0) is 103 Å². The number of hydrogen-bond acceptors (Lipinski definition) is 6. The minimum atomic E-state index is 0.115. The number of aryl methyl sites for hydroxylation is 4. The summed E-state index contributed by atoms with van der Waals surface area (Å²) in [6, 6.07) is 21.6. The fourth-order valence-electron chi connectivity index (χ4n) is 6.48. The summed E-state index contributed by atoms with van der Waals surface area (Å²) < 4.78 is 12.2. The zero-order chi connectivity index (χ0) is 30.3. The van der Waals surface area contributed by atoms with Gasteiger partial charge in [0.05, 0.1) is 12.3 Å². The number of ether oxygens (including phenoxy) is 1. The van der Waals surface area contributed by atoms with Crippen molar-refractivity contribution in [2.24, 2.45) is 18.4 Å². The van der Waals surface area contributed by atoms with Crippen molar-refractivity contribution in [3.63, 3.8) is 0 Å². The summed E-state index contributed by atoms with van der Waals surface area (Å²) in [7, 11) is 2.08. The molecule has 0 aliphatic carbocycles. The third kappa shape index (κ3) is 6.42. The fourth-order valence-corrected chi connectivity index (χ4v) is 7.12. The molecule has 4 heterocycles. The first kappa shape index (κ1) is 29.2. The number of fused-ring (bicyclic) bond motifs is 5. The second-order valence-corrected chi connectivity index (χ2v) is 14.1. The highest BCUT2D eigenvalue weighted by Crippen LogP contribution is 2.39. The van der Waals surface area contributed by atoms with Gasteiger partial charge in [0.1, 0.15) is 5.65 Å². The number of nitrogens with zero attached hydrogens (tertiary/aromatic N) is 4. The van der Waals surface area contributed by atoms with Gasteiger partial charge in [0, 0.05) is 46.8 Å². The molecule has 222 valence electrons. The van der Waals surface area contributed by atoms with Crippen LogP contribution in [0.1, 0.15) is 61.1 Å². The number of benzene rings is 2. The molecular formula is C36H41N5OS. The zero-order valence-electron chi connectivity index (χ0n) is 26.2. The molecule has 43 heavy (non-hydrogen) atoms. The molecule has 7 heteroatoms. The van der Waals surface area contributed by atoms with Crippen LogP contribution in [0.5, 0.6) is 5.88 Å². The van der Waals surface area contributed by atoms with E-state index in [0.717, 1.165) is 40.3 Å². The third-order valence-electron chi connectivity index (χ3n) is 8.38. The number of anilines is 1. The molecule has 0 saturated carbocycles.